The first kappa shape index (κ1) is 20.5. The highest BCUT2D eigenvalue weighted by Gasteiger charge is 2.13. The van der Waals surface area contributed by atoms with Crippen molar-refractivity contribution in [2.24, 2.45) is 0 Å². The topological polar surface area (TPSA) is 89.0 Å². The van der Waals surface area contributed by atoms with Gasteiger partial charge in [-0.15, -0.1) is 0 Å². The van der Waals surface area contributed by atoms with E-state index in [0.29, 0.717) is 23.8 Å². The van der Waals surface area contributed by atoms with Crippen molar-refractivity contribution >= 4 is 28.4 Å². The van der Waals surface area contributed by atoms with Crippen LogP contribution in [0.15, 0.2) is 30.6 Å². The summed E-state index contributed by atoms with van der Waals surface area (Å²) in [5.74, 6) is 1.15. The number of aromatic nitrogens is 3. The van der Waals surface area contributed by atoms with Crippen LogP contribution in [0.1, 0.15) is 39.2 Å². The second kappa shape index (κ2) is 8.86. The molecule has 1 amide bonds. The molecule has 1 aromatic carbocycles. The van der Waals surface area contributed by atoms with Crippen molar-refractivity contribution in [3.8, 4) is 17.0 Å². The number of anilines is 2. The number of hydrogen-bond acceptors (Lipinski definition) is 6. The van der Waals surface area contributed by atoms with Crippen molar-refractivity contribution in [2.45, 2.75) is 46.6 Å². The van der Waals surface area contributed by atoms with E-state index in [4.69, 9.17) is 9.72 Å². The smallest absolute Gasteiger partial charge is 0.224 e. The molecule has 0 atom stereocenters. The van der Waals surface area contributed by atoms with Crippen LogP contribution in [0.25, 0.3) is 22.2 Å². The molecule has 0 aliphatic rings. The minimum Gasteiger partial charge on any atom is -0.494 e. The molecule has 0 aliphatic heterocycles. The Balaban J connectivity index is 1.99. The molecule has 2 aromatic heterocycles. The minimum absolute atomic E-state index is 0.0281. The van der Waals surface area contributed by atoms with Crippen LogP contribution in [0, 0.1) is 6.92 Å². The standard InChI is InChI=1S/C22H27N5O2/c1-6-7-21(28)27-19-9-16-14(4)8-17(26-18(16)10-20(19)29-5)15-11-23-22(24-12-15)25-13(2)3/h8-13H,6-7H2,1-5H3,(H,27,28)(H,23,24,25). The van der Waals surface area contributed by atoms with E-state index in [1.54, 1.807) is 19.5 Å². The molecule has 3 aromatic rings. The van der Waals surface area contributed by atoms with Crippen LogP contribution in [-0.4, -0.2) is 34.0 Å². The van der Waals surface area contributed by atoms with E-state index in [2.05, 4.69) is 20.6 Å². The Labute approximate surface area is 170 Å². The summed E-state index contributed by atoms with van der Waals surface area (Å²) in [4.78, 5) is 25.5. The largest absolute Gasteiger partial charge is 0.494 e. The Morgan fingerprint density at radius 1 is 1.17 bits per heavy atom. The molecule has 3 rings (SSSR count). The van der Waals surface area contributed by atoms with Gasteiger partial charge in [0.25, 0.3) is 0 Å². The first-order valence-corrected chi connectivity index (χ1v) is 9.79. The third-order valence-corrected chi connectivity index (χ3v) is 4.45. The molecule has 0 saturated heterocycles. The van der Waals surface area contributed by atoms with E-state index in [0.717, 1.165) is 34.1 Å². The van der Waals surface area contributed by atoms with Crippen molar-refractivity contribution in [3.63, 3.8) is 0 Å². The number of fused-ring (bicyclic) bond motifs is 1. The van der Waals surface area contributed by atoms with Gasteiger partial charge in [0.05, 0.1) is 24.0 Å². The zero-order valence-electron chi connectivity index (χ0n) is 17.5. The zero-order valence-corrected chi connectivity index (χ0v) is 17.5. The molecule has 152 valence electrons. The van der Waals surface area contributed by atoms with Gasteiger partial charge in [0.15, 0.2) is 0 Å². The highest BCUT2D eigenvalue weighted by Crippen LogP contribution is 2.33. The summed E-state index contributed by atoms with van der Waals surface area (Å²) >= 11 is 0. The van der Waals surface area contributed by atoms with E-state index >= 15 is 0 Å². The fourth-order valence-electron chi connectivity index (χ4n) is 3.07. The number of methoxy groups -OCH3 is 1. The predicted molar refractivity (Wildman–Crippen MR) is 116 cm³/mol. The van der Waals surface area contributed by atoms with E-state index in [-0.39, 0.29) is 11.9 Å². The molecule has 0 fully saturated rings. The van der Waals surface area contributed by atoms with Crippen LogP contribution < -0.4 is 15.4 Å². The molecule has 0 radical (unpaired) electrons. The second-order valence-electron chi connectivity index (χ2n) is 7.29. The van der Waals surface area contributed by atoms with Gasteiger partial charge in [0.2, 0.25) is 11.9 Å². The van der Waals surface area contributed by atoms with E-state index in [1.165, 1.54) is 0 Å². The molecule has 2 N–H and O–H groups in total. The van der Waals surface area contributed by atoms with Gasteiger partial charge < -0.3 is 15.4 Å². The van der Waals surface area contributed by atoms with Crippen molar-refractivity contribution in [2.75, 3.05) is 17.7 Å². The summed E-state index contributed by atoms with van der Waals surface area (Å²) in [6.07, 6.45) is 4.79. The zero-order chi connectivity index (χ0) is 21.0. The number of aryl methyl sites for hydroxylation is 1. The minimum atomic E-state index is -0.0281. The Hall–Kier alpha value is -3.22. The number of rotatable bonds is 7. The summed E-state index contributed by atoms with van der Waals surface area (Å²) < 4.78 is 5.48. The van der Waals surface area contributed by atoms with Gasteiger partial charge in [-0.1, -0.05) is 6.92 Å². The maximum Gasteiger partial charge on any atom is 0.224 e. The summed E-state index contributed by atoms with van der Waals surface area (Å²) in [5, 5.41) is 7.07. The number of carbonyl (C=O) groups is 1. The molecule has 0 saturated carbocycles. The number of nitrogens with zero attached hydrogens (tertiary/aromatic N) is 3. The molecule has 0 unspecified atom stereocenters. The average Bonchev–Trinajstić information content (AvgIpc) is 2.68. The molecule has 0 bridgehead atoms. The van der Waals surface area contributed by atoms with Gasteiger partial charge in [-0.05, 0) is 44.9 Å². The van der Waals surface area contributed by atoms with Crippen LogP contribution in [-0.2, 0) is 4.79 Å². The molecule has 7 heteroatoms. The van der Waals surface area contributed by atoms with Crippen LogP contribution in [0.5, 0.6) is 5.75 Å². The number of amides is 1. The molecule has 29 heavy (non-hydrogen) atoms. The lowest BCUT2D eigenvalue weighted by atomic mass is 10.1. The number of nitrogens with one attached hydrogen (secondary N) is 2. The average molecular weight is 393 g/mol. The quantitative estimate of drug-likeness (QED) is 0.611. The van der Waals surface area contributed by atoms with E-state index < -0.39 is 0 Å². The Kier molecular flexibility index (Phi) is 6.26. The van der Waals surface area contributed by atoms with Crippen LogP contribution >= 0.6 is 0 Å². The third-order valence-electron chi connectivity index (χ3n) is 4.45. The normalized spacial score (nSPS) is 11.0. The van der Waals surface area contributed by atoms with Gasteiger partial charge >= 0.3 is 0 Å². The van der Waals surface area contributed by atoms with Gasteiger partial charge in [0, 0.05) is 41.9 Å². The van der Waals surface area contributed by atoms with E-state index in [1.807, 2.05) is 45.9 Å². The third kappa shape index (κ3) is 4.80. The molecular weight excluding hydrogens is 366 g/mol. The van der Waals surface area contributed by atoms with Gasteiger partial charge in [-0.2, -0.15) is 0 Å². The summed E-state index contributed by atoms with van der Waals surface area (Å²) in [5.41, 5.74) is 4.11. The first-order valence-electron chi connectivity index (χ1n) is 9.79. The van der Waals surface area contributed by atoms with Crippen molar-refractivity contribution < 1.29 is 9.53 Å². The summed E-state index contributed by atoms with van der Waals surface area (Å²) in [7, 11) is 1.58. The van der Waals surface area contributed by atoms with Crippen molar-refractivity contribution in [1.29, 1.82) is 0 Å². The van der Waals surface area contributed by atoms with Crippen molar-refractivity contribution in [1.82, 2.24) is 15.0 Å². The number of pyridine rings is 1. The molecule has 0 aliphatic carbocycles. The predicted octanol–water partition coefficient (Wildman–Crippen LogP) is 4.57. The van der Waals surface area contributed by atoms with Gasteiger partial charge in [-0.25, -0.2) is 15.0 Å². The number of ether oxygens (including phenoxy) is 1. The van der Waals surface area contributed by atoms with Gasteiger partial charge in [-0.3, -0.25) is 4.79 Å². The highest BCUT2D eigenvalue weighted by atomic mass is 16.5. The Morgan fingerprint density at radius 2 is 1.90 bits per heavy atom. The van der Waals surface area contributed by atoms with Crippen molar-refractivity contribution in [3.05, 3.63) is 36.2 Å². The lowest BCUT2D eigenvalue weighted by Crippen LogP contribution is -2.12. The fraction of sp³-hybridized carbons (Fsp3) is 0.364. The maximum absolute atomic E-state index is 12.0. The van der Waals surface area contributed by atoms with Crippen LogP contribution in [0.2, 0.25) is 0 Å². The molecule has 0 spiro atoms. The van der Waals surface area contributed by atoms with Crippen LogP contribution in [0.4, 0.5) is 11.6 Å². The molecular formula is C22H27N5O2. The van der Waals surface area contributed by atoms with Gasteiger partial charge in [0.1, 0.15) is 5.75 Å². The lowest BCUT2D eigenvalue weighted by Gasteiger charge is -2.14. The SMILES string of the molecule is CCCC(=O)Nc1cc2c(C)cc(-c3cnc(NC(C)C)nc3)nc2cc1OC. The number of hydrogen-bond donors (Lipinski definition) is 2. The summed E-state index contributed by atoms with van der Waals surface area (Å²) in [6, 6.07) is 6.03. The monoisotopic (exact) mass is 393 g/mol. The Bertz CT molecular complexity index is 1020. The number of benzene rings is 1. The summed E-state index contributed by atoms with van der Waals surface area (Å²) in [6.45, 7) is 8.07. The molecule has 7 nitrogen and oxygen atoms in total. The van der Waals surface area contributed by atoms with E-state index in [9.17, 15) is 4.79 Å². The number of carbonyl (C=O) groups excluding carboxylic acids is 1. The Morgan fingerprint density at radius 3 is 2.52 bits per heavy atom. The maximum atomic E-state index is 12.0. The molecule has 2 heterocycles. The fourth-order valence-corrected chi connectivity index (χ4v) is 3.07. The van der Waals surface area contributed by atoms with Crippen LogP contribution in [0.3, 0.4) is 0 Å². The lowest BCUT2D eigenvalue weighted by molar-refractivity contribution is -0.116. The first-order chi connectivity index (χ1) is 13.9. The highest BCUT2D eigenvalue weighted by molar-refractivity contribution is 5.97. The second-order valence-corrected chi connectivity index (χ2v) is 7.29.